The van der Waals surface area contributed by atoms with Gasteiger partial charge in [0, 0.05) is 0 Å². The normalized spacial score (nSPS) is 11.8. The highest BCUT2D eigenvalue weighted by molar-refractivity contribution is 7.92. The quantitative estimate of drug-likeness (QED) is 0.538. The van der Waals surface area contributed by atoms with Gasteiger partial charge in [-0.2, -0.15) is 10.2 Å². The van der Waals surface area contributed by atoms with Gasteiger partial charge in [-0.3, -0.25) is 9.82 Å². The highest BCUT2D eigenvalue weighted by Gasteiger charge is 2.21. The standard InChI is InChI=1S/C19H18FN5O2S/c1-12-3-9-16(10-4-12)28(26,27)24-18-17-13(2)23-25(19(17)22-21-18)11-14-5-7-15(20)8-6-14/h3-10H,11H2,1-2H3,(H2,21,22,24). The first kappa shape index (κ1) is 18.2. The van der Waals surface area contributed by atoms with Crippen molar-refractivity contribution in [3.63, 3.8) is 0 Å². The van der Waals surface area contributed by atoms with Gasteiger partial charge in [-0.25, -0.2) is 17.5 Å². The summed E-state index contributed by atoms with van der Waals surface area (Å²) in [4.78, 5) is 0.164. The molecule has 144 valence electrons. The lowest BCUT2D eigenvalue weighted by atomic mass is 10.2. The highest BCUT2D eigenvalue weighted by atomic mass is 32.2. The first-order chi connectivity index (χ1) is 13.3. The van der Waals surface area contributed by atoms with Gasteiger partial charge in [0.25, 0.3) is 10.0 Å². The zero-order valence-electron chi connectivity index (χ0n) is 15.3. The van der Waals surface area contributed by atoms with Gasteiger partial charge in [0.15, 0.2) is 5.65 Å². The summed E-state index contributed by atoms with van der Waals surface area (Å²) in [6.07, 6.45) is 0. The first-order valence-corrected chi connectivity index (χ1v) is 10.1. The molecule has 0 fully saturated rings. The van der Waals surface area contributed by atoms with Crippen LogP contribution >= 0.6 is 0 Å². The van der Waals surface area contributed by atoms with E-state index in [0.29, 0.717) is 23.3 Å². The number of nitrogens with zero attached hydrogens (tertiary/aromatic N) is 3. The molecule has 2 aromatic heterocycles. The van der Waals surface area contributed by atoms with E-state index in [2.05, 4.69) is 20.0 Å². The summed E-state index contributed by atoms with van der Waals surface area (Å²) in [5, 5.41) is 12.0. The summed E-state index contributed by atoms with van der Waals surface area (Å²) in [6.45, 7) is 4.06. The second kappa shape index (κ2) is 6.75. The van der Waals surface area contributed by atoms with E-state index in [-0.39, 0.29) is 16.5 Å². The summed E-state index contributed by atoms with van der Waals surface area (Å²) >= 11 is 0. The van der Waals surface area contributed by atoms with Crippen molar-refractivity contribution < 1.29 is 12.8 Å². The summed E-state index contributed by atoms with van der Waals surface area (Å²) < 4.78 is 42.7. The van der Waals surface area contributed by atoms with Crippen molar-refractivity contribution in [2.45, 2.75) is 25.3 Å². The Kier molecular flexibility index (Phi) is 4.38. The molecule has 2 heterocycles. The van der Waals surface area contributed by atoms with E-state index in [9.17, 15) is 12.8 Å². The molecule has 0 unspecified atom stereocenters. The topological polar surface area (TPSA) is 92.7 Å². The monoisotopic (exact) mass is 399 g/mol. The zero-order chi connectivity index (χ0) is 19.9. The number of H-pyrrole nitrogens is 1. The van der Waals surface area contributed by atoms with E-state index in [0.717, 1.165) is 11.1 Å². The van der Waals surface area contributed by atoms with E-state index in [1.54, 1.807) is 48.0 Å². The average molecular weight is 399 g/mol. The largest absolute Gasteiger partial charge is 0.263 e. The van der Waals surface area contributed by atoms with Crippen LogP contribution in [0.2, 0.25) is 0 Å². The van der Waals surface area contributed by atoms with Crippen LogP contribution in [0.4, 0.5) is 10.2 Å². The van der Waals surface area contributed by atoms with Crippen molar-refractivity contribution in [1.82, 2.24) is 20.0 Å². The lowest BCUT2D eigenvalue weighted by Gasteiger charge is -2.06. The van der Waals surface area contributed by atoms with Gasteiger partial charge in [0.05, 0.1) is 22.5 Å². The number of aromatic amines is 1. The third kappa shape index (κ3) is 3.36. The van der Waals surface area contributed by atoms with Crippen molar-refractivity contribution in [2.75, 3.05) is 4.72 Å². The number of anilines is 1. The molecule has 0 atom stereocenters. The summed E-state index contributed by atoms with van der Waals surface area (Å²) in [6, 6.07) is 12.7. The van der Waals surface area contributed by atoms with E-state index in [1.165, 1.54) is 12.1 Å². The molecule has 0 bridgehead atoms. The number of rotatable bonds is 5. The number of benzene rings is 2. The maximum Gasteiger partial charge on any atom is 0.263 e. The van der Waals surface area contributed by atoms with Crippen LogP contribution in [0.1, 0.15) is 16.8 Å². The molecule has 4 rings (SSSR count). The fourth-order valence-electron chi connectivity index (χ4n) is 3.00. The number of nitrogens with one attached hydrogen (secondary N) is 2. The van der Waals surface area contributed by atoms with Crippen molar-refractivity contribution in [1.29, 1.82) is 0 Å². The molecule has 0 aliphatic rings. The van der Waals surface area contributed by atoms with E-state index >= 15 is 0 Å². The third-order valence-corrected chi connectivity index (χ3v) is 5.80. The smallest absolute Gasteiger partial charge is 0.263 e. The van der Waals surface area contributed by atoms with E-state index in [1.807, 2.05) is 6.92 Å². The van der Waals surface area contributed by atoms with Crippen molar-refractivity contribution in [3.05, 3.63) is 71.2 Å². The minimum Gasteiger partial charge on any atom is -0.263 e. The summed E-state index contributed by atoms with van der Waals surface area (Å²) in [7, 11) is -3.76. The Morgan fingerprint density at radius 3 is 2.43 bits per heavy atom. The van der Waals surface area contributed by atoms with Crippen LogP contribution in [0.25, 0.3) is 11.0 Å². The minimum absolute atomic E-state index is 0.164. The molecule has 0 radical (unpaired) electrons. The highest BCUT2D eigenvalue weighted by Crippen LogP contribution is 2.26. The van der Waals surface area contributed by atoms with E-state index in [4.69, 9.17) is 0 Å². The van der Waals surface area contributed by atoms with Crippen molar-refractivity contribution in [2.24, 2.45) is 0 Å². The second-order valence-corrected chi connectivity index (χ2v) is 8.27. The minimum atomic E-state index is -3.76. The fourth-order valence-corrected chi connectivity index (χ4v) is 4.03. The number of sulfonamides is 1. The Bertz CT molecular complexity index is 1240. The molecule has 0 aliphatic carbocycles. The first-order valence-electron chi connectivity index (χ1n) is 8.59. The summed E-state index contributed by atoms with van der Waals surface area (Å²) in [5.74, 6) is -0.0449. The molecule has 28 heavy (non-hydrogen) atoms. The van der Waals surface area contributed by atoms with Crippen molar-refractivity contribution >= 4 is 26.9 Å². The Hall–Kier alpha value is -3.20. The van der Waals surface area contributed by atoms with Crippen LogP contribution in [0.3, 0.4) is 0 Å². The maximum absolute atomic E-state index is 13.1. The molecule has 9 heteroatoms. The molecule has 0 saturated carbocycles. The SMILES string of the molecule is Cc1ccc(S(=O)(=O)Nc2[nH]nc3c2c(C)nn3Cc2ccc(F)cc2)cc1. The predicted molar refractivity (Wildman–Crippen MR) is 104 cm³/mol. The lowest BCUT2D eigenvalue weighted by molar-refractivity contribution is 0.601. The molecule has 0 amide bonds. The molecular weight excluding hydrogens is 381 g/mol. The fraction of sp³-hybridized carbons (Fsp3) is 0.158. The average Bonchev–Trinajstić information content (AvgIpc) is 3.19. The Morgan fingerprint density at radius 2 is 1.75 bits per heavy atom. The molecule has 0 aliphatic heterocycles. The molecule has 4 aromatic rings. The van der Waals surface area contributed by atoms with Crippen LogP contribution in [-0.2, 0) is 16.6 Å². The molecule has 2 N–H and O–H groups in total. The Balaban J connectivity index is 1.67. The third-order valence-electron chi connectivity index (χ3n) is 4.44. The van der Waals surface area contributed by atoms with Crippen LogP contribution in [0, 0.1) is 19.7 Å². The zero-order valence-corrected chi connectivity index (χ0v) is 16.1. The van der Waals surface area contributed by atoms with Gasteiger partial charge in [0.1, 0.15) is 11.6 Å². The Morgan fingerprint density at radius 1 is 1.07 bits per heavy atom. The molecular formula is C19H18FN5O2S. The number of hydrogen-bond donors (Lipinski definition) is 2. The van der Waals surface area contributed by atoms with Gasteiger partial charge in [-0.05, 0) is 43.7 Å². The number of aromatic nitrogens is 4. The maximum atomic E-state index is 13.1. The number of hydrogen-bond acceptors (Lipinski definition) is 4. The number of aryl methyl sites for hydroxylation is 2. The lowest BCUT2D eigenvalue weighted by Crippen LogP contribution is -2.13. The van der Waals surface area contributed by atoms with Gasteiger partial charge in [-0.15, -0.1) is 0 Å². The number of halogens is 1. The van der Waals surface area contributed by atoms with Crippen molar-refractivity contribution in [3.8, 4) is 0 Å². The molecule has 0 saturated heterocycles. The van der Waals surface area contributed by atoms with Crippen LogP contribution < -0.4 is 4.72 Å². The second-order valence-electron chi connectivity index (χ2n) is 6.59. The Labute approximate surface area is 161 Å². The van der Waals surface area contributed by atoms with Gasteiger partial charge in [-0.1, -0.05) is 29.8 Å². The van der Waals surface area contributed by atoms with Gasteiger partial charge in [0.2, 0.25) is 0 Å². The summed E-state index contributed by atoms with van der Waals surface area (Å²) in [5.41, 5.74) is 2.98. The van der Waals surface area contributed by atoms with Crippen LogP contribution in [0.5, 0.6) is 0 Å². The van der Waals surface area contributed by atoms with E-state index < -0.39 is 10.0 Å². The number of fused-ring (bicyclic) bond motifs is 1. The molecule has 7 nitrogen and oxygen atoms in total. The predicted octanol–water partition coefficient (Wildman–Crippen LogP) is 3.36. The molecule has 0 spiro atoms. The van der Waals surface area contributed by atoms with Crippen LogP contribution in [-0.4, -0.2) is 28.4 Å². The molecule has 2 aromatic carbocycles. The van der Waals surface area contributed by atoms with Gasteiger partial charge >= 0.3 is 0 Å². The van der Waals surface area contributed by atoms with Gasteiger partial charge < -0.3 is 0 Å². The van der Waals surface area contributed by atoms with Crippen LogP contribution in [0.15, 0.2) is 53.4 Å².